The minimum Gasteiger partial charge on any atom is -0.444 e. The molecule has 4 heterocycles. The highest BCUT2D eigenvalue weighted by Crippen LogP contribution is 2.19. The number of alkyl carbamates (subject to hydrolysis) is 1. The fourth-order valence-corrected chi connectivity index (χ4v) is 5.26. The first-order valence-electron chi connectivity index (χ1n) is 14.9. The fourth-order valence-electron chi connectivity index (χ4n) is 5.26. The average molecular weight is 569 g/mol. The number of amides is 1. The number of nitrogens with two attached hydrogens (primary N) is 1. The lowest BCUT2D eigenvalue weighted by atomic mass is 10.2. The molecule has 2 aromatic rings. The van der Waals surface area contributed by atoms with E-state index in [0.717, 1.165) is 94.8 Å². The van der Waals surface area contributed by atoms with Crippen LogP contribution in [0.15, 0.2) is 24.3 Å². The molecule has 2 saturated heterocycles. The zero-order valence-corrected chi connectivity index (χ0v) is 26.4. The summed E-state index contributed by atoms with van der Waals surface area (Å²) in [5.41, 5.74) is 12.0. The van der Waals surface area contributed by atoms with Gasteiger partial charge in [0.2, 0.25) is 0 Å². The molecular weight excluding hydrogens is 516 g/mol. The molecule has 10 nitrogen and oxygen atoms in total. The Bertz CT molecular complexity index is 1060. The van der Waals surface area contributed by atoms with Crippen LogP contribution >= 0.6 is 0 Å². The maximum absolute atomic E-state index is 11.6. The zero-order chi connectivity index (χ0) is 30.0. The van der Waals surface area contributed by atoms with Crippen LogP contribution in [0.3, 0.4) is 0 Å². The summed E-state index contributed by atoms with van der Waals surface area (Å²) in [5, 5.41) is 2.82. The molecule has 2 fully saturated rings. The summed E-state index contributed by atoms with van der Waals surface area (Å²) in [5.74, 6) is 0. The highest BCUT2D eigenvalue weighted by molar-refractivity contribution is 5.67. The molecular formula is C31H52N8O2. The minimum atomic E-state index is -0.448. The third-order valence-electron chi connectivity index (χ3n) is 7.15. The van der Waals surface area contributed by atoms with E-state index in [1.807, 2.05) is 34.6 Å². The van der Waals surface area contributed by atoms with E-state index >= 15 is 0 Å². The molecule has 2 aliphatic heterocycles. The Morgan fingerprint density at radius 2 is 1.15 bits per heavy atom. The quantitative estimate of drug-likeness (QED) is 0.522. The monoisotopic (exact) mass is 568 g/mol. The number of piperazine rings is 2. The third kappa shape index (κ3) is 11.4. The molecule has 0 unspecified atom stereocenters. The number of carbonyl (C=O) groups is 1. The molecule has 0 aromatic carbocycles. The molecule has 0 radical (unpaired) electrons. The van der Waals surface area contributed by atoms with Gasteiger partial charge in [0.15, 0.2) is 0 Å². The van der Waals surface area contributed by atoms with Gasteiger partial charge in [0.25, 0.3) is 0 Å². The van der Waals surface area contributed by atoms with Gasteiger partial charge in [-0.25, -0.2) is 4.79 Å². The van der Waals surface area contributed by atoms with Crippen molar-refractivity contribution >= 4 is 17.5 Å². The first-order valence-corrected chi connectivity index (χ1v) is 14.9. The first-order chi connectivity index (χ1) is 19.4. The van der Waals surface area contributed by atoms with Crippen molar-refractivity contribution in [1.82, 2.24) is 25.1 Å². The largest absolute Gasteiger partial charge is 0.444 e. The van der Waals surface area contributed by atoms with Crippen molar-refractivity contribution in [3.05, 3.63) is 47.0 Å². The molecule has 41 heavy (non-hydrogen) atoms. The van der Waals surface area contributed by atoms with Crippen LogP contribution in [0.1, 0.15) is 43.5 Å². The molecule has 3 N–H and O–H groups in total. The van der Waals surface area contributed by atoms with Crippen molar-refractivity contribution < 1.29 is 9.53 Å². The van der Waals surface area contributed by atoms with E-state index < -0.39 is 5.60 Å². The van der Waals surface area contributed by atoms with E-state index in [2.05, 4.69) is 73.0 Å². The molecule has 0 bridgehead atoms. The van der Waals surface area contributed by atoms with Crippen LogP contribution < -0.4 is 20.9 Å². The number of pyridine rings is 2. The van der Waals surface area contributed by atoms with Gasteiger partial charge in [-0.2, -0.15) is 0 Å². The second kappa shape index (κ2) is 15.3. The van der Waals surface area contributed by atoms with E-state index in [-0.39, 0.29) is 6.09 Å². The summed E-state index contributed by atoms with van der Waals surface area (Å²) in [7, 11) is 0. The van der Waals surface area contributed by atoms with Crippen LogP contribution in [0.2, 0.25) is 0 Å². The van der Waals surface area contributed by atoms with Crippen LogP contribution in [0.4, 0.5) is 16.2 Å². The lowest BCUT2D eigenvalue weighted by Crippen LogP contribution is -2.48. The molecule has 1 amide bonds. The molecule has 228 valence electrons. The van der Waals surface area contributed by atoms with Gasteiger partial charge in [0.1, 0.15) is 5.60 Å². The highest BCUT2D eigenvalue weighted by Gasteiger charge is 2.20. The number of anilines is 2. The number of ether oxygens (including phenoxy) is 1. The first kappa shape index (κ1) is 32.6. The van der Waals surface area contributed by atoms with Gasteiger partial charge in [0, 0.05) is 113 Å². The summed E-state index contributed by atoms with van der Waals surface area (Å²) in [6, 6.07) is 8.64. The molecule has 4 rings (SSSR count). The summed E-state index contributed by atoms with van der Waals surface area (Å²) in [4.78, 5) is 30.1. The van der Waals surface area contributed by atoms with Crippen LogP contribution in [0.5, 0.6) is 0 Å². The standard InChI is InChI=1S/C18H30N4O2.C13H22N4/c1-14-12-16(13-15(2)20-14)22-10-8-21(9-11-22)7-6-19-17(23)24-18(3,4)5;1-11-9-13(10-12(2)15-11)17-7-5-16(4-3-14)6-8-17/h12-13H,6-11H2,1-5H3,(H,19,23);9-10H,3-8,14H2,1-2H3. The number of aryl methyl sites for hydroxylation is 4. The number of hydrogen-bond acceptors (Lipinski definition) is 9. The zero-order valence-electron chi connectivity index (χ0n) is 26.4. The van der Waals surface area contributed by atoms with Crippen LogP contribution in [0, 0.1) is 27.7 Å². The number of carbonyl (C=O) groups excluding carboxylic acids is 1. The third-order valence-corrected chi connectivity index (χ3v) is 7.15. The predicted molar refractivity (Wildman–Crippen MR) is 168 cm³/mol. The van der Waals surface area contributed by atoms with Crippen molar-refractivity contribution in [2.45, 2.75) is 54.1 Å². The maximum Gasteiger partial charge on any atom is 0.407 e. The fraction of sp³-hybridized carbons (Fsp3) is 0.645. The number of rotatable bonds is 7. The van der Waals surface area contributed by atoms with E-state index in [4.69, 9.17) is 10.5 Å². The molecule has 0 saturated carbocycles. The van der Waals surface area contributed by atoms with Crippen molar-refractivity contribution in [3.8, 4) is 0 Å². The van der Waals surface area contributed by atoms with Gasteiger partial charge < -0.3 is 25.6 Å². The highest BCUT2D eigenvalue weighted by atomic mass is 16.6. The Morgan fingerprint density at radius 1 is 0.756 bits per heavy atom. The van der Waals surface area contributed by atoms with Gasteiger partial charge in [-0.05, 0) is 72.7 Å². The SMILES string of the molecule is Cc1cc(N2CCN(CCN)CC2)cc(C)n1.Cc1cc(N2CCN(CCNC(=O)OC(C)(C)C)CC2)cc(C)n1. The van der Waals surface area contributed by atoms with E-state index in [1.54, 1.807) is 0 Å². The van der Waals surface area contributed by atoms with Crippen LogP contribution in [0.25, 0.3) is 0 Å². The Balaban J connectivity index is 0.000000239. The second-order valence-electron chi connectivity index (χ2n) is 12.1. The summed E-state index contributed by atoms with van der Waals surface area (Å²) >= 11 is 0. The lowest BCUT2D eigenvalue weighted by Gasteiger charge is -2.36. The van der Waals surface area contributed by atoms with Gasteiger partial charge >= 0.3 is 6.09 Å². The van der Waals surface area contributed by atoms with Gasteiger partial charge in [0.05, 0.1) is 0 Å². The predicted octanol–water partition coefficient (Wildman–Crippen LogP) is 3.12. The lowest BCUT2D eigenvalue weighted by molar-refractivity contribution is 0.0521. The molecule has 0 spiro atoms. The number of aromatic nitrogens is 2. The smallest absolute Gasteiger partial charge is 0.407 e. The van der Waals surface area contributed by atoms with E-state index in [1.165, 1.54) is 11.4 Å². The average Bonchev–Trinajstić information content (AvgIpc) is 2.88. The Labute approximate surface area is 247 Å². The van der Waals surface area contributed by atoms with Gasteiger partial charge in [-0.3, -0.25) is 19.8 Å². The maximum atomic E-state index is 11.6. The van der Waals surface area contributed by atoms with Crippen LogP contribution in [-0.2, 0) is 4.74 Å². The van der Waals surface area contributed by atoms with E-state index in [0.29, 0.717) is 6.54 Å². The Kier molecular flexibility index (Phi) is 12.2. The van der Waals surface area contributed by atoms with Crippen molar-refractivity contribution in [2.24, 2.45) is 5.73 Å². The van der Waals surface area contributed by atoms with Gasteiger partial charge in [-0.15, -0.1) is 0 Å². The second-order valence-corrected chi connectivity index (χ2v) is 12.1. The molecule has 10 heteroatoms. The number of nitrogens with one attached hydrogen (secondary N) is 1. The Hall–Kier alpha value is -2.95. The number of nitrogens with zero attached hydrogens (tertiary/aromatic N) is 6. The van der Waals surface area contributed by atoms with Crippen molar-refractivity contribution in [3.63, 3.8) is 0 Å². The summed E-state index contributed by atoms with van der Waals surface area (Å²) in [6.45, 7) is 25.4. The van der Waals surface area contributed by atoms with E-state index in [9.17, 15) is 4.79 Å². The summed E-state index contributed by atoms with van der Waals surface area (Å²) < 4.78 is 5.24. The van der Waals surface area contributed by atoms with Crippen LogP contribution in [-0.4, -0.2) is 110 Å². The number of hydrogen-bond donors (Lipinski definition) is 2. The van der Waals surface area contributed by atoms with Crippen molar-refractivity contribution in [2.75, 3.05) is 88.3 Å². The molecule has 0 atom stereocenters. The molecule has 2 aliphatic rings. The molecule has 0 aliphatic carbocycles. The minimum absolute atomic E-state index is 0.344. The normalized spacial score (nSPS) is 16.7. The van der Waals surface area contributed by atoms with Crippen molar-refractivity contribution in [1.29, 1.82) is 0 Å². The Morgan fingerprint density at radius 3 is 1.51 bits per heavy atom. The van der Waals surface area contributed by atoms with Gasteiger partial charge in [-0.1, -0.05) is 0 Å². The molecule has 2 aromatic heterocycles. The summed E-state index contributed by atoms with van der Waals surface area (Å²) in [6.07, 6.45) is -0.344. The topological polar surface area (TPSA) is 103 Å².